The van der Waals surface area contributed by atoms with Crippen LogP contribution in [0.2, 0.25) is 0 Å². The summed E-state index contributed by atoms with van der Waals surface area (Å²) in [7, 11) is 0. The van der Waals surface area contributed by atoms with E-state index in [2.05, 4.69) is 10.5 Å². The molecule has 3 atom stereocenters. The maximum Gasteiger partial charge on any atom is 0.227 e. The van der Waals surface area contributed by atoms with E-state index in [-0.39, 0.29) is 18.0 Å². The molecule has 5 heteroatoms. The maximum absolute atomic E-state index is 12.5. The molecule has 0 bridgehead atoms. The minimum atomic E-state index is -0.451. The van der Waals surface area contributed by atoms with E-state index in [1.54, 1.807) is 0 Å². The number of hydrogen-bond donors (Lipinski definition) is 2. The highest BCUT2D eigenvalue weighted by atomic mass is 16.5. The molecule has 2 rings (SSSR count). The highest BCUT2D eigenvalue weighted by molar-refractivity contribution is 5.83. The van der Waals surface area contributed by atoms with Gasteiger partial charge in [-0.2, -0.15) is 0 Å². The quantitative estimate of drug-likeness (QED) is 0.875. The van der Waals surface area contributed by atoms with Crippen LogP contribution >= 0.6 is 0 Å². The molecule has 5 nitrogen and oxygen atoms in total. The molecule has 1 fully saturated rings. The van der Waals surface area contributed by atoms with Crippen molar-refractivity contribution in [3.05, 3.63) is 17.0 Å². The Morgan fingerprint density at radius 3 is 2.74 bits per heavy atom. The molecule has 3 N–H and O–H groups in total. The molecule has 0 saturated heterocycles. The number of hydrogen-bond acceptors (Lipinski definition) is 4. The normalized spacial score (nSPS) is 28.4. The van der Waals surface area contributed by atoms with Crippen LogP contribution in [0.25, 0.3) is 0 Å². The number of amides is 1. The summed E-state index contributed by atoms with van der Waals surface area (Å²) in [5.41, 5.74) is 7.41. The number of carbonyl (C=O) groups is 1. The number of nitrogens with two attached hydrogens (primary N) is 1. The molecule has 0 aromatic carbocycles. The van der Waals surface area contributed by atoms with Gasteiger partial charge >= 0.3 is 0 Å². The second-order valence-corrected chi connectivity index (χ2v) is 5.85. The molecule has 1 saturated carbocycles. The minimum Gasteiger partial charge on any atom is -0.361 e. The molecule has 1 heterocycles. The summed E-state index contributed by atoms with van der Waals surface area (Å²) in [5, 5.41) is 6.98. The van der Waals surface area contributed by atoms with Crippen LogP contribution in [0.15, 0.2) is 4.52 Å². The van der Waals surface area contributed by atoms with Crippen molar-refractivity contribution in [1.82, 2.24) is 10.5 Å². The third-order valence-electron chi connectivity index (χ3n) is 4.42. The van der Waals surface area contributed by atoms with E-state index in [4.69, 9.17) is 10.3 Å². The van der Waals surface area contributed by atoms with E-state index in [9.17, 15) is 4.79 Å². The van der Waals surface area contributed by atoms with E-state index in [1.807, 2.05) is 27.7 Å². The Balaban J connectivity index is 2.11. The van der Waals surface area contributed by atoms with Gasteiger partial charge in [0.15, 0.2) is 0 Å². The molecule has 1 aromatic heterocycles. The van der Waals surface area contributed by atoms with Crippen molar-refractivity contribution in [3.8, 4) is 0 Å². The first-order valence-electron chi connectivity index (χ1n) is 6.85. The van der Waals surface area contributed by atoms with E-state index < -0.39 is 5.41 Å². The highest BCUT2D eigenvalue weighted by Gasteiger charge is 2.43. The van der Waals surface area contributed by atoms with Crippen LogP contribution in [0.3, 0.4) is 0 Å². The molecule has 0 spiro atoms. The topological polar surface area (TPSA) is 81.2 Å². The van der Waals surface area contributed by atoms with Crippen LogP contribution in [0, 0.1) is 19.3 Å². The molecule has 1 aromatic rings. The molecule has 106 valence electrons. The molecule has 19 heavy (non-hydrogen) atoms. The second-order valence-electron chi connectivity index (χ2n) is 5.85. The molecule has 1 aliphatic carbocycles. The third kappa shape index (κ3) is 2.39. The Hall–Kier alpha value is -1.36. The average Bonchev–Trinajstić information content (AvgIpc) is 2.84. The Kier molecular flexibility index (Phi) is 3.67. The first-order valence-corrected chi connectivity index (χ1v) is 6.85. The fourth-order valence-electron chi connectivity index (χ4n) is 3.02. The van der Waals surface area contributed by atoms with Gasteiger partial charge < -0.3 is 15.6 Å². The monoisotopic (exact) mass is 265 g/mol. The molecule has 0 aliphatic heterocycles. The smallest absolute Gasteiger partial charge is 0.227 e. The number of rotatable bonds is 3. The molecular weight excluding hydrogens is 242 g/mol. The van der Waals surface area contributed by atoms with Crippen molar-refractivity contribution in [2.45, 2.75) is 59.0 Å². The summed E-state index contributed by atoms with van der Waals surface area (Å²) in [6.07, 6.45) is 2.79. The predicted molar refractivity (Wildman–Crippen MR) is 72.5 cm³/mol. The minimum absolute atomic E-state index is 0.0324. The van der Waals surface area contributed by atoms with Crippen LogP contribution in [-0.2, 0) is 4.79 Å². The van der Waals surface area contributed by atoms with Gasteiger partial charge in [0.2, 0.25) is 5.91 Å². The third-order valence-corrected chi connectivity index (χ3v) is 4.42. The molecule has 1 amide bonds. The number of carbonyl (C=O) groups excluding carboxylic acids is 1. The van der Waals surface area contributed by atoms with Gasteiger partial charge in [0.25, 0.3) is 0 Å². The zero-order chi connectivity index (χ0) is 14.2. The Morgan fingerprint density at radius 1 is 1.58 bits per heavy atom. The number of nitrogens with zero attached hydrogens (tertiary/aromatic N) is 1. The summed E-state index contributed by atoms with van der Waals surface area (Å²) in [6.45, 7) is 7.66. The van der Waals surface area contributed by atoms with Gasteiger partial charge in [-0.15, -0.1) is 0 Å². The molecule has 1 aliphatic rings. The Morgan fingerprint density at radius 2 is 2.26 bits per heavy atom. The van der Waals surface area contributed by atoms with Crippen LogP contribution in [0.1, 0.15) is 56.2 Å². The van der Waals surface area contributed by atoms with Crippen molar-refractivity contribution in [2.24, 2.45) is 11.1 Å². The van der Waals surface area contributed by atoms with E-state index in [0.29, 0.717) is 0 Å². The van der Waals surface area contributed by atoms with Gasteiger partial charge in [0.05, 0.1) is 17.2 Å². The average molecular weight is 265 g/mol. The van der Waals surface area contributed by atoms with Gasteiger partial charge in [-0.3, -0.25) is 4.79 Å². The van der Waals surface area contributed by atoms with Crippen LogP contribution < -0.4 is 11.1 Å². The first-order chi connectivity index (χ1) is 8.86. The highest BCUT2D eigenvalue weighted by Crippen LogP contribution is 2.37. The molecular formula is C14H23N3O2. The lowest BCUT2D eigenvalue weighted by atomic mass is 9.84. The van der Waals surface area contributed by atoms with Crippen molar-refractivity contribution >= 4 is 5.91 Å². The summed E-state index contributed by atoms with van der Waals surface area (Å²) >= 11 is 0. The van der Waals surface area contributed by atoms with Crippen LogP contribution in [-0.4, -0.2) is 17.1 Å². The van der Waals surface area contributed by atoms with Crippen LogP contribution in [0.5, 0.6) is 0 Å². The number of nitrogens with one attached hydrogen (secondary N) is 1. The zero-order valence-electron chi connectivity index (χ0n) is 12.1. The fourth-order valence-corrected chi connectivity index (χ4v) is 3.02. The lowest BCUT2D eigenvalue weighted by Crippen LogP contribution is -2.48. The van der Waals surface area contributed by atoms with Crippen LogP contribution in [0.4, 0.5) is 0 Å². The summed E-state index contributed by atoms with van der Waals surface area (Å²) in [5.74, 6) is 0.788. The van der Waals surface area contributed by atoms with Gasteiger partial charge in [-0.05, 0) is 40.5 Å². The van der Waals surface area contributed by atoms with Crippen molar-refractivity contribution in [2.75, 3.05) is 0 Å². The standard InChI is InChI=1S/C14H23N3O2/c1-8(12-9(2)17-19-10(12)3)16-13(18)14(4)7-5-6-11(14)15/h8,11H,5-7,15H2,1-4H3,(H,16,18). The SMILES string of the molecule is Cc1noc(C)c1C(C)NC(=O)C1(C)CCCC1N. The van der Waals surface area contributed by atoms with Gasteiger partial charge in [-0.1, -0.05) is 11.6 Å². The number of aryl methyl sites for hydroxylation is 2. The number of aromatic nitrogens is 1. The van der Waals surface area contributed by atoms with E-state index >= 15 is 0 Å². The van der Waals surface area contributed by atoms with Gasteiger partial charge in [0.1, 0.15) is 5.76 Å². The maximum atomic E-state index is 12.5. The molecule has 3 unspecified atom stereocenters. The predicted octanol–water partition coefficient (Wildman–Crippen LogP) is 1.99. The van der Waals surface area contributed by atoms with E-state index in [0.717, 1.165) is 36.3 Å². The largest absolute Gasteiger partial charge is 0.361 e. The second kappa shape index (κ2) is 4.96. The van der Waals surface area contributed by atoms with Gasteiger partial charge in [-0.25, -0.2) is 0 Å². The Bertz CT molecular complexity index is 464. The van der Waals surface area contributed by atoms with Crippen molar-refractivity contribution in [3.63, 3.8) is 0 Å². The molecule has 0 radical (unpaired) electrons. The summed E-state index contributed by atoms with van der Waals surface area (Å²) < 4.78 is 5.14. The van der Waals surface area contributed by atoms with Gasteiger partial charge in [0, 0.05) is 11.6 Å². The zero-order valence-corrected chi connectivity index (χ0v) is 12.1. The van der Waals surface area contributed by atoms with E-state index in [1.165, 1.54) is 0 Å². The lowest BCUT2D eigenvalue weighted by molar-refractivity contribution is -0.131. The Labute approximate surface area is 113 Å². The fraction of sp³-hybridized carbons (Fsp3) is 0.714. The lowest BCUT2D eigenvalue weighted by Gasteiger charge is -2.29. The van der Waals surface area contributed by atoms with Crippen molar-refractivity contribution in [1.29, 1.82) is 0 Å². The first kappa shape index (κ1) is 14.1. The summed E-state index contributed by atoms with van der Waals surface area (Å²) in [6, 6.07) is -0.159. The van der Waals surface area contributed by atoms with Crippen molar-refractivity contribution < 1.29 is 9.32 Å². The summed E-state index contributed by atoms with van der Waals surface area (Å²) in [4.78, 5) is 12.5.